The fraction of sp³-hybridized carbons (Fsp3) is 0.0870. The van der Waals surface area contributed by atoms with Crippen LogP contribution >= 0.6 is 23.4 Å². The molecule has 0 unspecified atom stereocenters. The van der Waals surface area contributed by atoms with Crippen LogP contribution in [-0.4, -0.2) is 26.3 Å². The number of aromatic nitrogens is 3. The van der Waals surface area contributed by atoms with E-state index >= 15 is 0 Å². The highest BCUT2D eigenvalue weighted by Crippen LogP contribution is 2.24. The van der Waals surface area contributed by atoms with Gasteiger partial charge in [-0.05, 0) is 60.7 Å². The number of nitrogens with one attached hydrogen (secondary N) is 1. The number of hydrogen-bond donors (Lipinski definition) is 1. The van der Waals surface area contributed by atoms with Crippen LogP contribution < -0.4 is 5.32 Å². The van der Waals surface area contributed by atoms with Crippen LogP contribution in [0.15, 0.2) is 84.0 Å². The van der Waals surface area contributed by atoms with Crippen molar-refractivity contribution < 1.29 is 9.18 Å². The van der Waals surface area contributed by atoms with Gasteiger partial charge in [-0.25, -0.2) is 4.39 Å². The van der Waals surface area contributed by atoms with Crippen LogP contribution in [0.3, 0.4) is 0 Å². The zero-order valence-corrected chi connectivity index (χ0v) is 17.9. The molecule has 8 heteroatoms. The van der Waals surface area contributed by atoms with E-state index in [0.29, 0.717) is 28.1 Å². The molecule has 0 radical (unpaired) electrons. The first kappa shape index (κ1) is 21.1. The van der Waals surface area contributed by atoms with E-state index in [2.05, 4.69) is 15.5 Å². The lowest BCUT2D eigenvalue weighted by molar-refractivity contribution is 0.102. The smallest absolute Gasteiger partial charge is 0.196 e. The quantitative estimate of drug-likeness (QED) is 0.276. The minimum atomic E-state index is -0.290. The van der Waals surface area contributed by atoms with E-state index in [1.807, 2.05) is 34.9 Å². The van der Waals surface area contributed by atoms with E-state index < -0.39 is 0 Å². The number of thioether (sulfide) groups is 1. The first-order chi connectivity index (χ1) is 15.1. The molecular weight excluding hydrogens is 435 g/mol. The van der Waals surface area contributed by atoms with Crippen molar-refractivity contribution in [3.8, 4) is 5.69 Å². The largest absolute Gasteiger partial charge is 0.378 e. The molecule has 5 nitrogen and oxygen atoms in total. The number of halogens is 2. The molecular formula is C23H18ClFN4OS. The van der Waals surface area contributed by atoms with Gasteiger partial charge in [0.2, 0.25) is 0 Å². The molecule has 0 aliphatic rings. The maximum atomic E-state index is 13.1. The SMILES string of the molecule is O=C(CSc1nnc(CNc2ccc(F)cc2)n1-c1ccccc1)c1ccc(Cl)cc1. The molecule has 0 amide bonds. The highest BCUT2D eigenvalue weighted by atomic mass is 35.5. The molecule has 1 heterocycles. The zero-order chi connectivity index (χ0) is 21.6. The number of carbonyl (C=O) groups excluding carboxylic acids is 1. The summed E-state index contributed by atoms with van der Waals surface area (Å²) in [4.78, 5) is 12.6. The van der Waals surface area contributed by atoms with Crippen LogP contribution in [0.5, 0.6) is 0 Å². The Hall–Kier alpha value is -3.16. The molecule has 1 aromatic heterocycles. The van der Waals surface area contributed by atoms with E-state index in [0.717, 1.165) is 11.4 Å². The minimum Gasteiger partial charge on any atom is -0.378 e. The molecule has 156 valence electrons. The number of Topliss-reactive ketones (excluding diaryl/α,β-unsaturated/α-hetero) is 1. The Morgan fingerprint density at radius 3 is 2.39 bits per heavy atom. The van der Waals surface area contributed by atoms with Gasteiger partial charge in [0.25, 0.3) is 0 Å². The summed E-state index contributed by atoms with van der Waals surface area (Å²) >= 11 is 7.22. The molecule has 31 heavy (non-hydrogen) atoms. The number of nitrogens with zero attached hydrogens (tertiary/aromatic N) is 3. The lowest BCUT2D eigenvalue weighted by Gasteiger charge is -2.11. The Morgan fingerprint density at radius 1 is 0.968 bits per heavy atom. The minimum absolute atomic E-state index is 0.0183. The van der Waals surface area contributed by atoms with Gasteiger partial charge >= 0.3 is 0 Å². The zero-order valence-electron chi connectivity index (χ0n) is 16.3. The topological polar surface area (TPSA) is 59.8 Å². The molecule has 0 atom stereocenters. The molecule has 4 aromatic rings. The number of anilines is 1. The van der Waals surface area contributed by atoms with Gasteiger partial charge in [-0.1, -0.05) is 41.6 Å². The number of ketones is 1. The second-order valence-corrected chi connectivity index (χ2v) is 8.03. The van der Waals surface area contributed by atoms with Crippen LogP contribution in [0.25, 0.3) is 5.69 Å². The van der Waals surface area contributed by atoms with E-state index in [-0.39, 0.29) is 17.4 Å². The van der Waals surface area contributed by atoms with Gasteiger partial charge in [-0.3, -0.25) is 9.36 Å². The first-order valence-electron chi connectivity index (χ1n) is 9.51. The summed E-state index contributed by atoms with van der Waals surface area (Å²) in [5.41, 5.74) is 2.27. The van der Waals surface area contributed by atoms with Crippen molar-refractivity contribution in [2.45, 2.75) is 11.7 Å². The predicted octanol–water partition coefficient (Wildman–Crippen LogP) is 5.65. The molecule has 4 rings (SSSR count). The Morgan fingerprint density at radius 2 is 1.68 bits per heavy atom. The van der Waals surface area contributed by atoms with Crippen LogP contribution in [0.4, 0.5) is 10.1 Å². The van der Waals surface area contributed by atoms with Crippen molar-refractivity contribution in [1.29, 1.82) is 0 Å². The lowest BCUT2D eigenvalue weighted by atomic mass is 10.1. The summed E-state index contributed by atoms with van der Waals surface area (Å²) < 4.78 is 15.1. The lowest BCUT2D eigenvalue weighted by Crippen LogP contribution is -2.09. The molecule has 1 N–H and O–H groups in total. The summed E-state index contributed by atoms with van der Waals surface area (Å²) in [6.45, 7) is 0.388. The molecule has 0 saturated heterocycles. The third-order valence-electron chi connectivity index (χ3n) is 4.51. The summed E-state index contributed by atoms with van der Waals surface area (Å²) in [6, 6.07) is 22.7. The summed E-state index contributed by atoms with van der Waals surface area (Å²) in [5, 5.41) is 13.0. The van der Waals surface area contributed by atoms with Crippen LogP contribution in [0.1, 0.15) is 16.2 Å². The van der Waals surface area contributed by atoms with E-state index in [4.69, 9.17) is 11.6 Å². The number of carbonyl (C=O) groups is 1. The highest BCUT2D eigenvalue weighted by molar-refractivity contribution is 7.99. The Kier molecular flexibility index (Phi) is 6.64. The Bertz CT molecular complexity index is 1160. The van der Waals surface area contributed by atoms with E-state index in [1.54, 1.807) is 36.4 Å². The second kappa shape index (κ2) is 9.76. The fourth-order valence-electron chi connectivity index (χ4n) is 2.94. The summed E-state index contributed by atoms with van der Waals surface area (Å²) in [5.74, 6) is 0.590. The fourth-order valence-corrected chi connectivity index (χ4v) is 3.93. The van der Waals surface area contributed by atoms with Crippen molar-refractivity contribution in [3.63, 3.8) is 0 Å². The second-order valence-electron chi connectivity index (χ2n) is 6.65. The number of benzene rings is 3. The van der Waals surface area contributed by atoms with Gasteiger partial charge in [0, 0.05) is 22.0 Å². The normalized spacial score (nSPS) is 10.8. The third-order valence-corrected chi connectivity index (χ3v) is 5.69. The third kappa shape index (κ3) is 5.31. The molecule has 3 aromatic carbocycles. The van der Waals surface area contributed by atoms with Crippen molar-refractivity contribution >= 4 is 34.8 Å². The van der Waals surface area contributed by atoms with Gasteiger partial charge in [-0.2, -0.15) is 0 Å². The van der Waals surface area contributed by atoms with E-state index in [1.165, 1.54) is 23.9 Å². The van der Waals surface area contributed by atoms with Gasteiger partial charge < -0.3 is 5.32 Å². The van der Waals surface area contributed by atoms with Crippen molar-refractivity contribution in [2.24, 2.45) is 0 Å². The summed E-state index contributed by atoms with van der Waals surface area (Å²) in [7, 11) is 0. The van der Waals surface area contributed by atoms with Crippen molar-refractivity contribution in [3.05, 3.63) is 101 Å². The van der Waals surface area contributed by atoms with Gasteiger partial charge in [0.1, 0.15) is 5.82 Å². The maximum Gasteiger partial charge on any atom is 0.196 e. The van der Waals surface area contributed by atoms with Gasteiger partial charge in [0.15, 0.2) is 16.8 Å². The van der Waals surface area contributed by atoms with Gasteiger partial charge in [-0.15, -0.1) is 10.2 Å². The predicted molar refractivity (Wildman–Crippen MR) is 122 cm³/mol. The maximum absolute atomic E-state index is 13.1. The standard InChI is InChI=1S/C23H18ClFN4OS/c24-17-8-6-16(7-9-17)21(30)15-31-23-28-27-22(29(23)20-4-2-1-3-5-20)14-26-19-12-10-18(25)11-13-19/h1-13,26H,14-15H2. The Balaban J connectivity index is 1.53. The average Bonchev–Trinajstić information content (AvgIpc) is 3.21. The van der Waals surface area contributed by atoms with Crippen molar-refractivity contribution in [2.75, 3.05) is 11.1 Å². The van der Waals surface area contributed by atoms with Crippen LogP contribution in [-0.2, 0) is 6.54 Å². The van der Waals surface area contributed by atoms with Gasteiger partial charge in [0.05, 0.1) is 12.3 Å². The number of para-hydroxylation sites is 1. The van der Waals surface area contributed by atoms with Crippen LogP contribution in [0, 0.1) is 5.82 Å². The molecule has 0 spiro atoms. The number of rotatable bonds is 8. The average molecular weight is 453 g/mol. The monoisotopic (exact) mass is 452 g/mol. The number of hydrogen-bond acceptors (Lipinski definition) is 5. The molecule has 0 fully saturated rings. The molecule has 0 bridgehead atoms. The summed E-state index contributed by atoms with van der Waals surface area (Å²) in [6.07, 6.45) is 0. The molecule has 0 saturated carbocycles. The van der Waals surface area contributed by atoms with Crippen molar-refractivity contribution in [1.82, 2.24) is 14.8 Å². The highest BCUT2D eigenvalue weighted by Gasteiger charge is 2.16. The molecule has 0 aliphatic carbocycles. The van der Waals surface area contributed by atoms with E-state index in [9.17, 15) is 9.18 Å². The molecule has 0 aliphatic heterocycles. The van der Waals surface area contributed by atoms with Crippen LogP contribution in [0.2, 0.25) is 5.02 Å². The Labute approximate surface area is 188 Å². The first-order valence-corrected chi connectivity index (χ1v) is 10.9.